The van der Waals surface area contributed by atoms with Crippen LogP contribution in [0.1, 0.15) is 37.3 Å². The maximum Gasteiger partial charge on any atom is 0.392 e. The van der Waals surface area contributed by atoms with Crippen molar-refractivity contribution in [1.29, 1.82) is 0 Å². The molecule has 0 aliphatic heterocycles. The second-order valence-electron chi connectivity index (χ2n) is 4.86. The zero-order valence-electron chi connectivity index (χ0n) is 11.7. The van der Waals surface area contributed by atoms with Crippen LogP contribution in [0.4, 0.5) is 13.2 Å². The van der Waals surface area contributed by atoms with E-state index >= 15 is 0 Å². The van der Waals surface area contributed by atoms with Crippen molar-refractivity contribution in [2.24, 2.45) is 0 Å². The fourth-order valence-corrected chi connectivity index (χ4v) is 1.75. The fourth-order valence-electron chi connectivity index (χ4n) is 1.75. The second-order valence-corrected chi connectivity index (χ2v) is 4.86. The standard InChI is InChI=1S/C17H19F3/c1-4-6-15(7-5-12-17(18,19)20)16-10-8-14(9-11-16)13(2)3/h4-11,13H,1,12H2,2-3H3/b7-5-,15-6+. The average Bonchev–Trinajstić information content (AvgIpc) is 2.36. The van der Waals surface area contributed by atoms with Crippen molar-refractivity contribution < 1.29 is 13.2 Å². The van der Waals surface area contributed by atoms with Gasteiger partial charge in [0.1, 0.15) is 0 Å². The van der Waals surface area contributed by atoms with Gasteiger partial charge >= 0.3 is 6.18 Å². The predicted octanol–water partition coefficient (Wildman–Crippen LogP) is 5.89. The number of allylic oxidation sites excluding steroid dienone is 5. The summed E-state index contributed by atoms with van der Waals surface area (Å²) in [6.07, 6.45) is 0.801. The summed E-state index contributed by atoms with van der Waals surface area (Å²) in [5.41, 5.74) is 2.80. The predicted molar refractivity (Wildman–Crippen MR) is 78.5 cm³/mol. The first-order chi connectivity index (χ1) is 9.33. The molecule has 0 radical (unpaired) electrons. The molecule has 1 aromatic carbocycles. The van der Waals surface area contributed by atoms with Gasteiger partial charge in [-0.2, -0.15) is 13.2 Å². The summed E-state index contributed by atoms with van der Waals surface area (Å²) in [7, 11) is 0. The lowest BCUT2D eigenvalue weighted by atomic mass is 9.98. The smallest absolute Gasteiger partial charge is 0.171 e. The molecule has 0 spiro atoms. The van der Waals surface area contributed by atoms with Gasteiger partial charge in [-0.05, 0) is 22.6 Å². The highest BCUT2D eigenvalue weighted by Gasteiger charge is 2.24. The Bertz CT molecular complexity index is 488. The number of alkyl halides is 3. The Balaban J connectivity index is 2.92. The van der Waals surface area contributed by atoms with E-state index in [0.29, 0.717) is 5.92 Å². The Hall–Kier alpha value is -1.77. The van der Waals surface area contributed by atoms with Gasteiger partial charge in [0.05, 0.1) is 6.42 Å². The Morgan fingerprint density at radius 1 is 1.20 bits per heavy atom. The molecule has 0 heterocycles. The third-order valence-corrected chi connectivity index (χ3v) is 2.85. The SMILES string of the molecule is C=C/C=C(\C=C/CC(F)(F)F)c1ccc(C(C)C)cc1. The van der Waals surface area contributed by atoms with Crippen LogP contribution in [-0.4, -0.2) is 6.18 Å². The van der Waals surface area contributed by atoms with Gasteiger partial charge in [-0.15, -0.1) is 0 Å². The van der Waals surface area contributed by atoms with Crippen molar-refractivity contribution in [3.8, 4) is 0 Å². The molecule has 0 saturated heterocycles. The van der Waals surface area contributed by atoms with Crippen molar-refractivity contribution in [1.82, 2.24) is 0 Å². The average molecular weight is 280 g/mol. The summed E-state index contributed by atoms with van der Waals surface area (Å²) in [5.74, 6) is 0.427. The molecule has 0 bridgehead atoms. The van der Waals surface area contributed by atoms with Crippen LogP contribution in [0.25, 0.3) is 5.57 Å². The molecule has 0 aliphatic carbocycles. The first kappa shape index (κ1) is 16.3. The summed E-state index contributed by atoms with van der Waals surface area (Å²) in [6, 6.07) is 7.83. The highest BCUT2D eigenvalue weighted by Crippen LogP contribution is 2.23. The molecule has 0 N–H and O–H groups in total. The lowest BCUT2D eigenvalue weighted by Gasteiger charge is -2.08. The van der Waals surface area contributed by atoms with Gasteiger partial charge in [-0.25, -0.2) is 0 Å². The minimum absolute atomic E-state index is 0.427. The molecule has 0 aliphatic rings. The molecule has 108 valence electrons. The highest BCUT2D eigenvalue weighted by molar-refractivity contribution is 5.75. The number of benzene rings is 1. The van der Waals surface area contributed by atoms with Crippen molar-refractivity contribution in [2.45, 2.75) is 32.4 Å². The second kappa shape index (κ2) is 7.13. The third-order valence-electron chi connectivity index (χ3n) is 2.85. The molecular formula is C17H19F3. The number of halogens is 3. The van der Waals surface area contributed by atoms with Gasteiger partial charge in [-0.3, -0.25) is 0 Å². The largest absolute Gasteiger partial charge is 0.392 e. The summed E-state index contributed by atoms with van der Waals surface area (Å²) >= 11 is 0. The van der Waals surface area contributed by atoms with Gasteiger partial charge < -0.3 is 0 Å². The quantitative estimate of drug-likeness (QED) is 0.590. The van der Waals surface area contributed by atoms with Crippen LogP contribution >= 0.6 is 0 Å². The number of rotatable bonds is 5. The monoisotopic (exact) mass is 280 g/mol. The van der Waals surface area contributed by atoms with E-state index in [1.165, 1.54) is 11.6 Å². The Morgan fingerprint density at radius 3 is 2.25 bits per heavy atom. The molecule has 0 saturated carbocycles. The Labute approximate surface area is 118 Å². The molecule has 0 nitrogen and oxygen atoms in total. The van der Waals surface area contributed by atoms with Crippen LogP contribution < -0.4 is 0 Å². The maximum absolute atomic E-state index is 12.1. The van der Waals surface area contributed by atoms with E-state index in [1.54, 1.807) is 12.2 Å². The zero-order valence-corrected chi connectivity index (χ0v) is 11.7. The van der Waals surface area contributed by atoms with E-state index in [2.05, 4.69) is 20.4 Å². The molecule has 0 amide bonds. The van der Waals surface area contributed by atoms with Crippen molar-refractivity contribution in [2.75, 3.05) is 0 Å². The Morgan fingerprint density at radius 2 is 1.80 bits per heavy atom. The zero-order chi connectivity index (χ0) is 15.2. The molecule has 0 unspecified atom stereocenters. The minimum Gasteiger partial charge on any atom is -0.171 e. The maximum atomic E-state index is 12.1. The fraction of sp³-hybridized carbons (Fsp3) is 0.294. The van der Waals surface area contributed by atoms with Crippen LogP contribution in [0.5, 0.6) is 0 Å². The van der Waals surface area contributed by atoms with Gasteiger partial charge in [0.15, 0.2) is 0 Å². The van der Waals surface area contributed by atoms with E-state index in [1.807, 2.05) is 24.3 Å². The van der Waals surface area contributed by atoms with Crippen LogP contribution in [0, 0.1) is 0 Å². The summed E-state index contributed by atoms with van der Waals surface area (Å²) in [4.78, 5) is 0. The van der Waals surface area contributed by atoms with Crippen LogP contribution in [0.2, 0.25) is 0 Å². The van der Waals surface area contributed by atoms with Gasteiger partial charge in [0, 0.05) is 0 Å². The molecule has 1 aromatic rings. The summed E-state index contributed by atoms with van der Waals surface area (Å²) in [6.45, 7) is 7.79. The molecule has 0 fully saturated rings. The highest BCUT2D eigenvalue weighted by atomic mass is 19.4. The van der Waals surface area contributed by atoms with E-state index in [9.17, 15) is 13.2 Å². The molecule has 0 atom stereocenters. The topological polar surface area (TPSA) is 0 Å². The van der Waals surface area contributed by atoms with Gasteiger partial charge in [-0.1, -0.05) is 69.0 Å². The first-order valence-corrected chi connectivity index (χ1v) is 6.50. The molecule has 0 aromatic heterocycles. The van der Waals surface area contributed by atoms with Crippen molar-refractivity contribution >= 4 is 5.57 Å². The summed E-state index contributed by atoms with van der Waals surface area (Å²) < 4.78 is 36.4. The van der Waals surface area contributed by atoms with Crippen LogP contribution in [-0.2, 0) is 0 Å². The lowest BCUT2D eigenvalue weighted by molar-refractivity contribution is -0.125. The molecule has 3 heteroatoms. The van der Waals surface area contributed by atoms with Gasteiger partial charge in [0.25, 0.3) is 0 Å². The van der Waals surface area contributed by atoms with E-state index in [0.717, 1.165) is 17.2 Å². The molecule has 1 rings (SSSR count). The first-order valence-electron chi connectivity index (χ1n) is 6.50. The van der Waals surface area contributed by atoms with Crippen molar-refractivity contribution in [3.63, 3.8) is 0 Å². The van der Waals surface area contributed by atoms with Crippen LogP contribution in [0.15, 0.2) is 55.1 Å². The minimum atomic E-state index is -4.17. The Kier molecular flexibility index (Phi) is 5.81. The third kappa shape index (κ3) is 5.47. The molecular weight excluding hydrogens is 261 g/mol. The summed E-state index contributed by atoms with van der Waals surface area (Å²) in [5, 5.41) is 0. The van der Waals surface area contributed by atoms with Crippen LogP contribution in [0.3, 0.4) is 0 Å². The van der Waals surface area contributed by atoms with Gasteiger partial charge in [0.2, 0.25) is 0 Å². The normalized spacial score (nSPS) is 13.2. The van der Waals surface area contributed by atoms with Crippen molar-refractivity contribution in [3.05, 3.63) is 66.3 Å². The number of hydrogen-bond acceptors (Lipinski definition) is 0. The van der Waals surface area contributed by atoms with E-state index in [-0.39, 0.29) is 0 Å². The molecule has 20 heavy (non-hydrogen) atoms. The lowest BCUT2D eigenvalue weighted by Crippen LogP contribution is -2.04. The van der Waals surface area contributed by atoms with E-state index in [4.69, 9.17) is 0 Å². The van der Waals surface area contributed by atoms with E-state index < -0.39 is 12.6 Å². The number of hydrogen-bond donors (Lipinski definition) is 0.